The molecule has 0 unspecified atom stereocenters. The van der Waals surface area contributed by atoms with E-state index in [2.05, 4.69) is 43.6 Å². The highest BCUT2D eigenvalue weighted by Gasteiger charge is 2.38. The average Bonchev–Trinajstić information content (AvgIpc) is 2.44. The van der Waals surface area contributed by atoms with E-state index in [0.29, 0.717) is 6.54 Å². The fourth-order valence-electron chi connectivity index (χ4n) is 3.81. The molecule has 24 heavy (non-hydrogen) atoms. The summed E-state index contributed by atoms with van der Waals surface area (Å²) in [6.45, 7) is 9.34. The Labute approximate surface area is 145 Å². The molecular weight excluding hydrogens is 302 g/mol. The van der Waals surface area contributed by atoms with Crippen molar-refractivity contribution in [1.29, 1.82) is 0 Å². The molecule has 134 valence electrons. The number of amides is 2. The van der Waals surface area contributed by atoms with Crippen LogP contribution < -0.4 is 20.7 Å². The highest BCUT2D eigenvalue weighted by Crippen LogP contribution is 2.28. The molecule has 2 amide bonds. The lowest BCUT2D eigenvalue weighted by atomic mass is 9.80. The number of benzene rings is 1. The van der Waals surface area contributed by atoms with Crippen molar-refractivity contribution in [3.8, 4) is 5.75 Å². The molecule has 0 atom stereocenters. The Morgan fingerprint density at radius 1 is 1.25 bits per heavy atom. The molecule has 1 aromatic rings. The van der Waals surface area contributed by atoms with E-state index in [1.54, 1.807) is 7.11 Å². The van der Waals surface area contributed by atoms with Crippen LogP contribution in [0.4, 0.5) is 4.79 Å². The van der Waals surface area contributed by atoms with Gasteiger partial charge in [-0.2, -0.15) is 0 Å². The van der Waals surface area contributed by atoms with Crippen LogP contribution in [0.1, 0.15) is 46.1 Å². The van der Waals surface area contributed by atoms with Crippen molar-refractivity contribution in [2.75, 3.05) is 13.7 Å². The largest absolute Gasteiger partial charge is 0.497 e. The molecule has 1 aromatic carbocycles. The van der Waals surface area contributed by atoms with Gasteiger partial charge in [-0.3, -0.25) is 0 Å². The van der Waals surface area contributed by atoms with Crippen LogP contribution in [-0.4, -0.2) is 36.8 Å². The van der Waals surface area contributed by atoms with Gasteiger partial charge >= 0.3 is 6.03 Å². The first-order valence-corrected chi connectivity index (χ1v) is 8.66. The molecule has 1 fully saturated rings. The lowest BCUT2D eigenvalue weighted by molar-refractivity contribution is 0.147. The van der Waals surface area contributed by atoms with Crippen molar-refractivity contribution < 1.29 is 9.53 Å². The van der Waals surface area contributed by atoms with Crippen molar-refractivity contribution >= 4 is 6.03 Å². The molecule has 1 aliphatic heterocycles. The second-order valence-electron chi connectivity index (χ2n) is 8.00. The van der Waals surface area contributed by atoms with Gasteiger partial charge in [-0.15, -0.1) is 0 Å². The molecule has 1 aliphatic rings. The van der Waals surface area contributed by atoms with E-state index in [-0.39, 0.29) is 23.2 Å². The zero-order valence-electron chi connectivity index (χ0n) is 15.5. The maximum atomic E-state index is 12.2. The summed E-state index contributed by atoms with van der Waals surface area (Å²) in [7, 11) is 1.66. The average molecular weight is 333 g/mol. The van der Waals surface area contributed by atoms with Gasteiger partial charge in [-0.05, 0) is 64.7 Å². The molecule has 1 saturated heterocycles. The zero-order chi connectivity index (χ0) is 17.8. The highest BCUT2D eigenvalue weighted by molar-refractivity contribution is 5.74. The molecule has 0 saturated carbocycles. The minimum Gasteiger partial charge on any atom is -0.497 e. The Morgan fingerprint density at radius 2 is 1.92 bits per heavy atom. The van der Waals surface area contributed by atoms with Crippen LogP contribution in [0.2, 0.25) is 0 Å². The predicted molar refractivity (Wildman–Crippen MR) is 97.5 cm³/mol. The maximum absolute atomic E-state index is 12.2. The van der Waals surface area contributed by atoms with Gasteiger partial charge in [0, 0.05) is 23.7 Å². The summed E-state index contributed by atoms with van der Waals surface area (Å²) in [6, 6.07) is 8.03. The summed E-state index contributed by atoms with van der Waals surface area (Å²) in [5, 5.41) is 9.71. The third kappa shape index (κ3) is 5.71. The Hall–Kier alpha value is -1.75. The maximum Gasteiger partial charge on any atom is 0.315 e. The second kappa shape index (κ2) is 7.43. The zero-order valence-corrected chi connectivity index (χ0v) is 15.5. The third-order valence-corrected chi connectivity index (χ3v) is 4.36. The van der Waals surface area contributed by atoms with E-state index in [4.69, 9.17) is 4.74 Å². The summed E-state index contributed by atoms with van der Waals surface area (Å²) in [4.78, 5) is 12.2. The van der Waals surface area contributed by atoms with Gasteiger partial charge in [0.1, 0.15) is 5.75 Å². The van der Waals surface area contributed by atoms with Gasteiger partial charge in [-0.1, -0.05) is 12.1 Å². The van der Waals surface area contributed by atoms with Gasteiger partial charge < -0.3 is 20.7 Å². The monoisotopic (exact) mass is 333 g/mol. The molecule has 5 nitrogen and oxygen atoms in total. The van der Waals surface area contributed by atoms with Crippen molar-refractivity contribution in [3.63, 3.8) is 0 Å². The van der Waals surface area contributed by atoms with Crippen LogP contribution in [0.5, 0.6) is 5.75 Å². The number of carbonyl (C=O) groups is 1. The first-order valence-electron chi connectivity index (χ1n) is 8.66. The summed E-state index contributed by atoms with van der Waals surface area (Å²) >= 11 is 0. The number of methoxy groups -OCH3 is 1. The number of rotatable bonds is 5. The smallest absolute Gasteiger partial charge is 0.315 e. The Bertz CT molecular complexity index is 553. The lowest BCUT2D eigenvalue weighted by Crippen LogP contribution is -2.62. The van der Waals surface area contributed by atoms with Crippen molar-refractivity contribution in [2.45, 2.75) is 64.1 Å². The number of piperidine rings is 1. The molecule has 0 bridgehead atoms. The normalized spacial score (nSPS) is 19.5. The Morgan fingerprint density at radius 3 is 2.54 bits per heavy atom. The summed E-state index contributed by atoms with van der Waals surface area (Å²) < 4.78 is 5.22. The predicted octanol–water partition coefficient (Wildman–Crippen LogP) is 2.85. The van der Waals surface area contributed by atoms with E-state index in [1.165, 1.54) is 0 Å². The first-order chi connectivity index (χ1) is 11.2. The Balaban J connectivity index is 1.78. The summed E-state index contributed by atoms with van der Waals surface area (Å²) in [6.07, 6.45) is 2.65. The van der Waals surface area contributed by atoms with Crippen LogP contribution in [0.15, 0.2) is 24.3 Å². The van der Waals surface area contributed by atoms with E-state index in [9.17, 15) is 4.79 Å². The van der Waals surface area contributed by atoms with Gasteiger partial charge in [0.05, 0.1) is 7.11 Å². The number of urea groups is 1. The van der Waals surface area contributed by atoms with Crippen LogP contribution in [0.3, 0.4) is 0 Å². The van der Waals surface area contributed by atoms with Crippen LogP contribution in [0.25, 0.3) is 0 Å². The van der Waals surface area contributed by atoms with Crippen LogP contribution in [0, 0.1) is 0 Å². The van der Waals surface area contributed by atoms with E-state index in [0.717, 1.165) is 30.6 Å². The fourth-order valence-corrected chi connectivity index (χ4v) is 3.81. The molecule has 1 heterocycles. The van der Waals surface area contributed by atoms with E-state index < -0.39 is 0 Å². The van der Waals surface area contributed by atoms with Gasteiger partial charge in [0.2, 0.25) is 0 Å². The van der Waals surface area contributed by atoms with Crippen molar-refractivity contribution in [2.24, 2.45) is 0 Å². The molecule has 5 heteroatoms. The van der Waals surface area contributed by atoms with E-state index in [1.807, 2.05) is 24.3 Å². The number of ether oxygens (including phenoxy) is 1. The van der Waals surface area contributed by atoms with Gasteiger partial charge in [0.15, 0.2) is 0 Å². The third-order valence-electron chi connectivity index (χ3n) is 4.36. The van der Waals surface area contributed by atoms with E-state index >= 15 is 0 Å². The molecular formula is C19H31N3O2. The molecule has 0 spiro atoms. The number of nitrogens with one attached hydrogen (secondary N) is 3. The SMILES string of the molecule is COc1cccc(CCNC(=O)NC2CC(C)(C)NC(C)(C)C2)c1. The highest BCUT2D eigenvalue weighted by atomic mass is 16.5. The minimum absolute atomic E-state index is 0.0281. The minimum atomic E-state index is -0.0867. The van der Waals surface area contributed by atoms with Crippen LogP contribution in [-0.2, 0) is 6.42 Å². The molecule has 2 rings (SSSR count). The molecule has 0 aliphatic carbocycles. The second-order valence-corrected chi connectivity index (χ2v) is 8.00. The number of carbonyl (C=O) groups excluding carboxylic acids is 1. The topological polar surface area (TPSA) is 62.4 Å². The van der Waals surface area contributed by atoms with Crippen LogP contribution >= 0.6 is 0 Å². The van der Waals surface area contributed by atoms with Gasteiger partial charge in [0.25, 0.3) is 0 Å². The van der Waals surface area contributed by atoms with Crippen molar-refractivity contribution in [3.05, 3.63) is 29.8 Å². The summed E-state index contributed by atoms with van der Waals surface area (Å²) in [5.41, 5.74) is 1.21. The molecule has 0 radical (unpaired) electrons. The Kier molecular flexibility index (Phi) is 5.75. The first kappa shape index (κ1) is 18.6. The van der Waals surface area contributed by atoms with Crippen molar-refractivity contribution in [1.82, 2.24) is 16.0 Å². The molecule has 3 N–H and O–H groups in total. The van der Waals surface area contributed by atoms with Gasteiger partial charge in [-0.25, -0.2) is 4.79 Å². The number of hydrogen-bond acceptors (Lipinski definition) is 3. The number of hydrogen-bond donors (Lipinski definition) is 3. The standard InChI is InChI=1S/C19H31N3O2/c1-18(2)12-15(13-19(3,4)22-18)21-17(23)20-10-9-14-7-6-8-16(11-14)24-5/h6-8,11,15,22H,9-10,12-13H2,1-5H3,(H2,20,21,23). The lowest BCUT2D eigenvalue weighted by Gasteiger charge is -2.46. The summed E-state index contributed by atoms with van der Waals surface area (Å²) in [5.74, 6) is 0.844. The quantitative estimate of drug-likeness (QED) is 0.776. The molecule has 0 aromatic heterocycles. The fraction of sp³-hybridized carbons (Fsp3) is 0.632.